The highest BCUT2D eigenvalue weighted by Gasteiger charge is 2.15. The van der Waals surface area contributed by atoms with Gasteiger partial charge in [0.1, 0.15) is 5.03 Å². The first-order valence-corrected chi connectivity index (χ1v) is 13.0. The molecule has 2 heterocycles. The molecule has 2 N–H and O–H groups in total. The zero-order chi connectivity index (χ0) is 24.1. The van der Waals surface area contributed by atoms with Gasteiger partial charge in [0.2, 0.25) is 15.9 Å². The summed E-state index contributed by atoms with van der Waals surface area (Å²) in [4.78, 5) is 12.5. The number of carbonyl (C=O) groups is 1. The summed E-state index contributed by atoms with van der Waals surface area (Å²) in [5, 5.41) is 16.2. The van der Waals surface area contributed by atoms with E-state index in [4.69, 9.17) is 0 Å². The Morgan fingerprint density at radius 1 is 0.941 bits per heavy atom. The lowest BCUT2D eigenvalue weighted by Crippen LogP contribution is -2.26. The molecule has 0 aliphatic carbocycles. The van der Waals surface area contributed by atoms with Gasteiger partial charge in [-0.3, -0.25) is 4.79 Å². The van der Waals surface area contributed by atoms with Crippen LogP contribution in [0.1, 0.15) is 17.0 Å². The Kier molecular flexibility index (Phi) is 7.25. The first-order valence-electron chi connectivity index (χ1n) is 10.6. The maximum absolute atomic E-state index is 12.5. The number of hydrogen-bond donors (Lipinski definition) is 2. The molecular weight excluding hydrogens is 472 g/mol. The summed E-state index contributed by atoms with van der Waals surface area (Å²) in [6, 6.07) is 17.8. The van der Waals surface area contributed by atoms with E-state index >= 15 is 0 Å². The summed E-state index contributed by atoms with van der Waals surface area (Å²) in [6.45, 7) is 4.03. The Morgan fingerprint density at radius 3 is 2.32 bits per heavy atom. The van der Waals surface area contributed by atoms with Crippen LogP contribution in [0.3, 0.4) is 0 Å². The Morgan fingerprint density at radius 2 is 1.62 bits per heavy atom. The van der Waals surface area contributed by atoms with Crippen molar-refractivity contribution in [3.05, 3.63) is 77.6 Å². The predicted molar refractivity (Wildman–Crippen MR) is 131 cm³/mol. The predicted octanol–water partition coefficient (Wildman–Crippen LogP) is 2.99. The number of amides is 1. The van der Waals surface area contributed by atoms with Crippen LogP contribution in [0.4, 0.5) is 5.69 Å². The number of sulfonamides is 1. The van der Waals surface area contributed by atoms with Crippen molar-refractivity contribution in [1.29, 1.82) is 0 Å². The van der Waals surface area contributed by atoms with Gasteiger partial charge in [-0.2, -0.15) is 9.61 Å². The first kappa shape index (κ1) is 23.9. The molecule has 0 atom stereocenters. The van der Waals surface area contributed by atoms with E-state index in [-0.39, 0.29) is 23.1 Å². The molecule has 0 aliphatic heterocycles. The quantitative estimate of drug-likeness (QED) is 0.342. The first-order chi connectivity index (χ1) is 16.3. The van der Waals surface area contributed by atoms with Crippen molar-refractivity contribution >= 4 is 39.0 Å². The van der Waals surface area contributed by atoms with E-state index in [9.17, 15) is 13.2 Å². The van der Waals surface area contributed by atoms with Crippen molar-refractivity contribution in [1.82, 2.24) is 24.5 Å². The number of nitrogens with one attached hydrogen (secondary N) is 2. The van der Waals surface area contributed by atoms with Gasteiger partial charge < -0.3 is 5.32 Å². The Balaban J connectivity index is 1.35. The number of aryl methyl sites for hydroxylation is 2. The highest BCUT2D eigenvalue weighted by molar-refractivity contribution is 7.99. The molecule has 0 bridgehead atoms. The molecule has 2 aromatic carbocycles. The van der Waals surface area contributed by atoms with Crippen LogP contribution in [0.2, 0.25) is 0 Å². The fraction of sp³-hybridized carbons (Fsp3) is 0.217. The van der Waals surface area contributed by atoms with Crippen LogP contribution in [0, 0.1) is 13.8 Å². The largest absolute Gasteiger partial charge is 0.325 e. The van der Waals surface area contributed by atoms with Gasteiger partial charge in [0.05, 0.1) is 10.6 Å². The second-order valence-electron chi connectivity index (χ2n) is 7.72. The van der Waals surface area contributed by atoms with E-state index in [2.05, 4.69) is 25.3 Å². The normalized spacial score (nSPS) is 11.6. The van der Waals surface area contributed by atoms with E-state index in [0.29, 0.717) is 22.9 Å². The molecule has 34 heavy (non-hydrogen) atoms. The van der Waals surface area contributed by atoms with Gasteiger partial charge in [-0.15, -0.1) is 10.2 Å². The third-order valence-corrected chi connectivity index (χ3v) is 7.36. The lowest BCUT2D eigenvalue weighted by atomic mass is 10.2. The third-order valence-electron chi connectivity index (χ3n) is 4.96. The van der Waals surface area contributed by atoms with Crippen molar-refractivity contribution in [2.75, 3.05) is 17.6 Å². The summed E-state index contributed by atoms with van der Waals surface area (Å²) in [7, 11) is -3.61. The highest BCUT2D eigenvalue weighted by Crippen LogP contribution is 2.17. The molecule has 11 heteroatoms. The maximum atomic E-state index is 12.5. The molecule has 4 rings (SSSR count). The molecule has 0 unspecified atom stereocenters. The summed E-state index contributed by atoms with van der Waals surface area (Å²) < 4.78 is 29.1. The van der Waals surface area contributed by atoms with Crippen molar-refractivity contribution in [2.24, 2.45) is 0 Å². The van der Waals surface area contributed by atoms with Crippen LogP contribution >= 0.6 is 11.8 Å². The summed E-state index contributed by atoms with van der Waals surface area (Å²) in [6.07, 6.45) is 0.307. The number of hydrogen-bond acceptors (Lipinski definition) is 7. The van der Waals surface area contributed by atoms with Gasteiger partial charge in [-0.1, -0.05) is 47.2 Å². The average Bonchev–Trinajstić information content (AvgIpc) is 3.22. The zero-order valence-corrected chi connectivity index (χ0v) is 20.4. The summed E-state index contributed by atoms with van der Waals surface area (Å²) in [5.41, 5.74) is 3.40. The lowest BCUT2D eigenvalue weighted by molar-refractivity contribution is -0.113. The van der Waals surface area contributed by atoms with Gasteiger partial charge in [0.25, 0.3) is 0 Å². The molecule has 176 valence electrons. The molecule has 0 radical (unpaired) electrons. The number of carbonyl (C=O) groups excluding carboxylic acids is 1. The second-order valence-corrected chi connectivity index (χ2v) is 10.5. The van der Waals surface area contributed by atoms with E-state index in [0.717, 1.165) is 16.8 Å². The van der Waals surface area contributed by atoms with Crippen LogP contribution in [0.5, 0.6) is 0 Å². The highest BCUT2D eigenvalue weighted by atomic mass is 32.2. The molecule has 0 fully saturated rings. The Labute approximate surface area is 202 Å². The van der Waals surface area contributed by atoms with Gasteiger partial charge >= 0.3 is 0 Å². The van der Waals surface area contributed by atoms with Crippen LogP contribution in [0.25, 0.3) is 5.65 Å². The topological polar surface area (TPSA) is 118 Å². The molecule has 0 spiro atoms. The number of benzene rings is 2. The van der Waals surface area contributed by atoms with Crippen molar-refractivity contribution in [3.63, 3.8) is 0 Å². The van der Waals surface area contributed by atoms with Crippen LogP contribution < -0.4 is 10.0 Å². The fourth-order valence-electron chi connectivity index (χ4n) is 3.12. The van der Waals surface area contributed by atoms with Gasteiger partial charge in [0, 0.05) is 18.7 Å². The zero-order valence-electron chi connectivity index (χ0n) is 18.7. The second kappa shape index (κ2) is 10.3. The van der Waals surface area contributed by atoms with Crippen molar-refractivity contribution in [3.8, 4) is 0 Å². The number of nitrogens with zero attached hydrogens (tertiary/aromatic N) is 4. The third kappa shape index (κ3) is 5.99. The smallest absolute Gasteiger partial charge is 0.240 e. The number of thioether (sulfide) groups is 1. The molecule has 2 aromatic heterocycles. The van der Waals surface area contributed by atoms with Crippen molar-refractivity contribution < 1.29 is 13.2 Å². The lowest BCUT2D eigenvalue weighted by Gasteiger charge is -2.07. The minimum Gasteiger partial charge on any atom is -0.325 e. The van der Waals surface area contributed by atoms with E-state index < -0.39 is 10.0 Å². The Hall–Kier alpha value is -3.28. The molecule has 1 amide bonds. The van der Waals surface area contributed by atoms with Crippen LogP contribution in [0.15, 0.2) is 70.6 Å². The minimum atomic E-state index is -3.61. The maximum Gasteiger partial charge on any atom is 0.240 e. The monoisotopic (exact) mass is 496 g/mol. The molecule has 0 saturated heterocycles. The number of anilines is 1. The van der Waals surface area contributed by atoms with E-state index in [1.807, 2.05) is 38.1 Å². The standard InChI is InChI=1S/C23H24N6O3S2/c1-16-3-7-18(8-4-16)25-22(30)15-33-23-12-11-20-26-27-21(29(20)28-23)13-14-24-34(31,32)19-9-5-17(2)6-10-19/h3-12,24H,13-15H2,1-2H3,(H,25,30). The number of rotatable bonds is 9. The van der Waals surface area contributed by atoms with E-state index in [1.165, 1.54) is 11.8 Å². The molecule has 4 aromatic rings. The molecular formula is C23H24N6O3S2. The van der Waals surface area contributed by atoms with Gasteiger partial charge in [-0.05, 0) is 50.2 Å². The summed E-state index contributed by atoms with van der Waals surface area (Å²) >= 11 is 1.29. The molecule has 9 nitrogen and oxygen atoms in total. The molecule has 0 saturated carbocycles. The van der Waals surface area contributed by atoms with Crippen LogP contribution in [-0.2, 0) is 21.2 Å². The SMILES string of the molecule is Cc1ccc(NC(=O)CSc2ccc3nnc(CCNS(=O)(=O)c4ccc(C)cc4)n3n2)cc1. The average molecular weight is 497 g/mol. The fourth-order valence-corrected chi connectivity index (χ4v) is 4.81. The molecule has 0 aliphatic rings. The summed E-state index contributed by atoms with van der Waals surface area (Å²) in [5.74, 6) is 0.582. The Bertz CT molecular complexity index is 1400. The van der Waals surface area contributed by atoms with Gasteiger partial charge in [0.15, 0.2) is 11.5 Å². The number of fused-ring (bicyclic) bond motifs is 1. The minimum absolute atomic E-state index is 0.134. The van der Waals surface area contributed by atoms with Crippen LogP contribution in [-0.4, -0.2) is 46.4 Å². The number of aromatic nitrogens is 4. The van der Waals surface area contributed by atoms with Crippen molar-refractivity contribution in [2.45, 2.75) is 30.2 Å². The van der Waals surface area contributed by atoms with Gasteiger partial charge in [-0.25, -0.2) is 13.1 Å². The van der Waals surface area contributed by atoms with E-state index in [1.54, 1.807) is 40.9 Å².